The van der Waals surface area contributed by atoms with Crippen molar-refractivity contribution in [3.05, 3.63) is 22.2 Å². The van der Waals surface area contributed by atoms with E-state index >= 15 is 0 Å². The molecular weight excluding hydrogens is 312 g/mol. The molecule has 0 saturated heterocycles. The highest BCUT2D eigenvalue weighted by molar-refractivity contribution is 9.10. The number of benzene rings is 1. The van der Waals surface area contributed by atoms with E-state index in [0.29, 0.717) is 11.5 Å². The fourth-order valence-electron chi connectivity index (χ4n) is 1.75. The summed E-state index contributed by atoms with van der Waals surface area (Å²) in [6, 6.07) is 3.03. The van der Waals surface area contributed by atoms with Crippen LogP contribution in [-0.2, 0) is 4.79 Å². The van der Waals surface area contributed by atoms with E-state index in [1.807, 2.05) is 13.8 Å². The van der Waals surface area contributed by atoms with E-state index in [9.17, 15) is 4.79 Å². The molecule has 1 atom stereocenters. The molecule has 0 bridgehead atoms. The second-order valence-electron chi connectivity index (χ2n) is 4.39. The Bertz CT molecular complexity index is 463. The highest BCUT2D eigenvalue weighted by atomic mass is 79.9. The van der Waals surface area contributed by atoms with E-state index in [-0.39, 0.29) is 6.04 Å². The zero-order valence-corrected chi connectivity index (χ0v) is 13.1. The van der Waals surface area contributed by atoms with Gasteiger partial charge in [0.25, 0.3) is 0 Å². The van der Waals surface area contributed by atoms with Crippen LogP contribution in [0.4, 0.5) is 0 Å². The first-order valence-corrected chi connectivity index (χ1v) is 6.66. The molecule has 106 valence electrons. The van der Waals surface area contributed by atoms with Crippen molar-refractivity contribution in [2.45, 2.75) is 25.9 Å². The van der Waals surface area contributed by atoms with Gasteiger partial charge in [0, 0.05) is 10.5 Å². The molecule has 0 spiro atoms. The summed E-state index contributed by atoms with van der Waals surface area (Å²) in [5.41, 5.74) is 6.17. The number of rotatable bonds is 6. The third kappa shape index (κ3) is 3.84. The van der Waals surface area contributed by atoms with Crippen LogP contribution < -0.4 is 20.5 Å². The predicted octanol–water partition coefficient (Wildman–Crippen LogP) is 1.99. The maximum atomic E-state index is 11.6. The molecule has 0 radical (unpaired) electrons. The predicted molar refractivity (Wildman–Crippen MR) is 77.5 cm³/mol. The molecule has 0 aliphatic rings. The number of halogens is 1. The Morgan fingerprint density at radius 2 is 1.79 bits per heavy atom. The quantitative estimate of drug-likeness (QED) is 0.836. The van der Waals surface area contributed by atoms with Crippen molar-refractivity contribution < 1.29 is 14.3 Å². The van der Waals surface area contributed by atoms with Crippen LogP contribution in [0.1, 0.15) is 25.5 Å². The first kappa shape index (κ1) is 15.8. The number of amides is 1. The van der Waals surface area contributed by atoms with Gasteiger partial charge >= 0.3 is 0 Å². The van der Waals surface area contributed by atoms with Gasteiger partial charge in [0.05, 0.1) is 14.2 Å². The SMILES string of the molecule is COc1cc(Br)c(C(NC(C)C)C(N)=O)cc1OC. The van der Waals surface area contributed by atoms with E-state index < -0.39 is 11.9 Å². The average molecular weight is 331 g/mol. The van der Waals surface area contributed by atoms with Crippen LogP contribution in [0.2, 0.25) is 0 Å². The van der Waals surface area contributed by atoms with Crippen molar-refractivity contribution in [2.75, 3.05) is 14.2 Å². The molecular formula is C13H19BrN2O3. The third-order valence-corrected chi connectivity index (χ3v) is 3.29. The topological polar surface area (TPSA) is 73.6 Å². The van der Waals surface area contributed by atoms with Crippen LogP contribution in [0.25, 0.3) is 0 Å². The largest absolute Gasteiger partial charge is 0.493 e. The van der Waals surface area contributed by atoms with Crippen LogP contribution in [-0.4, -0.2) is 26.2 Å². The van der Waals surface area contributed by atoms with Crippen molar-refractivity contribution in [3.8, 4) is 11.5 Å². The molecule has 0 saturated carbocycles. The van der Waals surface area contributed by atoms with Gasteiger partial charge in [-0.2, -0.15) is 0 Å². The number of ether oxygens (including phenoxy) is 2. The first-order chi connectivity index (χ1) is 8.90. The molecule has 1 rings (SSSR count). The highest BCUT2D eigenvalue weighted by Crippen LogP contribution is 2.36. The summed E-state index contributed by atoms with van der Waals surface area (Å²) in [5, 5.41) is 3.12. The lowest BCUT2D eigenvalue weighted by Gasteiger charge is -2.21. The number of methoxy groups -OCH3 is 2. The van der Waals surface area contributed by atoms with E-state index in [0.717, 1.165) is 10.0 Å². The number of hydrogen-bond donors (Lipinski definition) is 2. The summed E-state index contributed by atoms with van der Waals surface area (Å²) in [7, 11) is 3.10. The van der Waals surface area contributed by atoms with E-state index in [1.165, 1.54) is 0 Å². The van der Waals surface area contributed by atoms with E-state index in [2.05, 4.69) is 21.2 Å². The second-order valence-corrected chi connectivity index (χ2v) is 5.24. The zero-order valence-electron chi connectivity index (χ0n) is 11.5. The molecule has 0 fully saturated rings. The standard InChI is InChI=1S/C13H19BrN2O3/c1-7(2)16-12(13(15)17)8-5-10(18-3)11(19-4)6-9(8)14/h5-7,12,16H,1-4H3,(H2,15,17). The minimum absolute atomic E-state index is 0.123. The highest BCUT2D eigenvalue weighted by Gasteiger charge is 2.23. The zero-order chi connectivity index (χ0) is 14.6. The molecule has 1 aromatic carbocycles. The van der Waals surface area contributed by atoms with Crippen LogP contribution in [0.15, 0.2) is 16.6 Å². The maximum absolute atomic E-state index is 11.6. The number of primary amides is 1. The summed E-state index contributed by atoms with van der Waals surface area (Å²) in [5.74, 6) is 0.699. The van der Waals surface area contributed by atoms with Gasteiger partial charge in [0.1, 0.15) is 6.04 Å². The lowest BCUT2D eigenvalue weighted by molar-refractivity contribution is -0.120. The summed E-state index contributed by atoms with van der Waals surface area (Å²) in [4.78, 5) is 11.6. The van der Waals surface area contributed by atoms with Gasteiger partial charge in [-0.25, -0.2) is 0 Å². The number of hydrogen-bond acceptors (Lipinski definition) is 4. The molecule has 19 heavy (non-hydrogen) atoms. The summed E-state index contributed by atoms with van der Waals surface area (Å²) in [6.45, 7) is 3.90. The average Bonchev–Trinajstić information content (AvgIpc) is 2.35. The third-order valence-electron chi connectivity index (χ3n) is 2.60. The van der Waals surface area contributed by atoms with Crippen LogP contribution in [0.3, 0.4) is 0 Å². The summed E-state index contributed by atoms with van der Waals surface area (Å²) in [6.07, 6.45) is 0. The van der Waals surface area contributed by atoms with Crippen LogP contribution in [0.5, 0.6) is 11.5 Å². The number of carbonyl (C=O) groups is 1. The first-order valence-electron chi connectivity index (χ1n) is 5.87. The summed E-state index contributed by atoms with van der Waals surface area (Å²) >= 11 is 3.43. The summed E-state index contributed by atoms with van der Waals surface area (Å²) < 4.78 is 11.2. The molecule has 5 nitrogen and oxygen atoms in total. The van der Waals surface area contributed by atoms with E-state index in [1.54, 1.807) is 26.4 Å². The lowest BCUT2D eigenvalue weighted by Crippen LogP contribution is -2.37. The van der Waals surface area contributed by atoms with E-state index in [4.69, 9.17) is 15.2 Å². The Morgan fingerprint density at radius 1 is 1.26 bits per heavy atom. The Labute approximate surface area is 121 Å². The Morgan fingerprint density at radius 3 is 2.21 bits per heavy atom. The lowest BCUT2D eigenvalue weighted by atomic mass is 10.0. The molecule has 1 aromatic rings. The van der Waals surface area contributed by atoms with Gasteiger partial charge in [0.15, 0.2) is 11.5 Å². The number of nitrogens with two attached hydrogens (primary N) is 1. The van der Waals surface area contributed by atoms with Crippen molar-refractivity contribution in [1.29, 1.82) is 0 Å². The molecule has 1 amide bonds. The van der Waals surface area contributed by atoms with Crippen LogP contribution in [0, 0.1) is 0 Å². The molecule has 3 N–H and O–H groups in total. The van der Waals surface area contributed by atoms with Crippen molar-refractivity contribution >= 4 is 21.8 Å². The molecule has 0 aliphatic heterocycles. The van der Waals surface area contributed by atoms with Gasteiger partial charge < -0.3 is 15.2 Å². The normalized spacial score (nSPS) is 12.3. The fraction of sp³-hybridized carbons (Fsp3) is 0.462. The Hall–Kier alpha value is -1.27. The monoisotopic (exact) mass is 330 g/mol. The molecule has 0 aliphatic carbocycles. The molecule has 0 aromatic heterocycles. The van der Waals surface area contributed by atoms with Gasteiger partial charge in [0.2, 0.25) is 5.91 Å². The smallest absolute Gasteiger partial charge is 0.239 e. The maximum Gasteiger partial charge on any atom is 0.239 e. The minimum Gasteiger partial charge on any atom is -0.493 e. The van der Waals surface area contributed by atoms with Crippen molar-refractivity contribution in [1.82, 2.24) is 5.32 Å². The number of nitrogens with one attached hydrogen (secondary N) is 1. The molecule has 6 heteroatoms. The Kier molecular flexibility index (Phi) is 5.62. The van der Waals surface area contributed by atoms with Crippen molar-refractivity contribution in [2.24, 2.45) is 5.73 Å². The van der Waals surface area contributed by atoms with Crippen LogP contribution >= 0.6 is 15.9 Å². The molecule has 0 heterocycles. The van der Waals surface area contributed by atoms with Crippen molar-refractivity contribution in [3.63, 3.8) is 0 Å². The second kappa shape index (κ2) is 6.77. The van der Waals surface area contributed by atoms with Gasteiger partial charge in [-0.05, 0) is 31.5 Å². The fourth-order valence-corrected chi connectivity index (χ4v) is 2.30. The van der Waals surface area contributed by atoms with Gasteiger partial charge in [-0.1, -0.05) is 15.9 Å². The minimum atomic E-state index is -0.589. The number of carbonyl (C=O) groups excluding carboxylic acids is 1. The Balaban J connectivity index is 3.26. The molecule has 1 unspecified atom stereocenters. The van der Waals surface area contributed by atoms with Gasteiger partial charge in [-0.3, -0.25) is 10.1 Å². The van der Waals surface area contributed by atoms with Gasteiger partial charge in [-0.15, -0.1) is 0 Å².